The van der Waals surface area contributed by atoms with E-state index in [0.717, 1.165) is 4.88 Å². The molecule has 0 spiro atoms. The first kappa shape index (κ1) is 11.4. The van der Waals surface area contributed by atoms with Crippen LogP contribution in [0.2, 0.25) is 0 Å². The minimum absolute atomic E-state index is 0.00109. The maximum Gasteiger partial charge on any atom is 0.338 e. The van der Waals surface area contributed by atoms with Crippen molar-refractivity contribution < 1.29 is 14.6 Å². The third-order valence-electron chi connectivity index (χ3n) is 2.12. The van der Waals surface area contributed by atoms with Gasteiger partial charge >= 0.3 is 5.97 Å². The lowest BCUT2D eigenvalue weighted by Crippen LogP contribution is -2.06. The molecule has 3 N–H and O–H groups in total. The summed E-state index contributed by atoms with van der Waals surface area (Å²) in [6.07, 6.45) is 1.36. The Morgan fingerprint density at radius 3 is 3.00 bits per heavy atom. The molecule has 2 heterocycles. The number of rotatable bonds is 4. The smallest absolute Gasteiger partial charge is 0.338 e. The topological polar surface area (TPSA) is 85.4 Å². The fourth-order valence-electron chi connectivity index (χ4n) is 1.29. The number of carboxylic acids is 1. The van der Waals surface area contributed by atoms with Crippen LogP contribution in [0.1, 0.15) is 15.2 Å². The molecule has 17 heavy (non-hydrogen) atoms. The molecule has 0 atom stereocenters. The van der Waals surface area contributed by atoms with Crippen molar-refractivity contribution in [3.05, 3.63) is 40.2 Å². The third-order valence-corrected chi connectivity index (χ3v) is 2.97. The summed E-state index contributed by atoms with van der Waals surface area (Å²) >= 11 is 1.55. The Bertz CT molecular complexity index is 526. The quantitative estimate of drug-likeness (QED) is 0.866. The van der Waals surface area contributed by atoms with Crippen molar-refractivity contribution in [1.29, 1.82) is 0 Å². The van der Waals surface area contributed by atoms with Crippen LogP contribution in [0.25, 0.3) is 0 Å². The summed E-state index contributed by atoms with van der Waals surface area (Å²) in [6.45, 7) is 0.331. The van der Waals surface area contributed by atoms with Crippen molar-refractivity contribution in [2.45, 2.75) is 6.61 Å². The van der Waals surface area contributed by atoms with Crippen LogP contribution in [0, 0.1) is 0 Å². The number of ether oxygens (including phenoxy) is 1. The number of hydrogen-bond donors (Lipinski definition) is 2. The van der Waals surface area contributed by atoms with Crippen molar-refractivity contribution in [2.75, 3.05) is 5.73 Å². The SMILES string of the molecule is Nc1c(C(=O)O)ccnc1OCc1cccs1. The van der Waals surface area contributed by atoms with Crippen LogP contribution in [-0.2, 0) is 6.61 Å². The third kappa shape index (κ3) is 2.54. The molecule has 0 bridgehead atoms. The minimum Gasteiger partial charge on any atom is -0.478 e. The van der Waals surface area contributed by atoms with Gasteiger partial charge in [0.25, 0.3) is 0 Å². The van der Waals surface area contributed by atoms with Gasteiger partial charge in [0.15, 0.2) is 0 Å². The average molecular weight is 250 g/mol. The van der Waals surface area contributed by atoms with E-state index in [1.807, 2.05) is 17.5 Å². The fourth-order valence-corrected chi connectivity index (χ4v) is 1.91. The molecule has 2 rings (SSSR count). The van der Waals surface area contributed by atoms with E-state index in [9.17, 15) is 4.79 Å². The molecule has 0 radical (unpaired) electrons. The van der Waals surface area contributed by atoms with Crippen LogP contribution in [0.5, 0.6) is 5.88 Å². The number of carbonyl (C=O) groups is 1. The van der Waals surface area contributed by atoms with Gasteiger partial charge in [-0.25, -0.2) is 9.78 Å². The van der Waals surface area contributed by atoms with Crippen molar-refractivity contribution in [2.24, 2.45) is 0 Å². The molecule has 0 aliphatic carbocycles. The van der Waals surface area contributed by atoms with Gasteiger partial charge in [-0.05, 0) is 17.5 Å². The lowest BCUT2D eigenvalue weighted by atomic mass is 10.2. The summed E-state index contributed by atoms with van der Waals surface area (Å²) in [6, 6.07) is 5.17. The van der Waals surface area contributed by atoms with E-state index in [0.29, 0.717) is 6.61 Å². The second-order valence-electron chi connectivity index (χ2n) is 3.25. The maximum absolute atomic E-state index is 10.8. The zero-order valence-corrected chi connectivity index (χ0v) is 9.61. The number of nitrogens with two attached hydrogens (primary N) is 1. The zero-order valence-electron chi connectivity index (χ0n) is 8.79. The lowest BCUT2D eigenvalue weighted by molar-refractivity contribution is 0.0697. The monoisotopic (exact) mass is 250 g/mol. The van der Waals surface area contributed by atoms with Gasteiger partial charge in [0.1, 0.15) is 12.3 Å². The molecule has 88 valence electrons. The largest absolute Gasteiger partial charge is 0.478 e. The number of thiophene rings is 1. The predicted octanol–water partition coefficient (Wildman–Crippen LogP) is 2.00. The number of hydrogen-bond acceptors (Lipinski definition) is 5. The van der Waals surface area contributed by atoms with Gasteiger partial charge < -0.3 is 15.6 Å². The number of pyridine rings is 1. The highest BCUT2D eigenvalue weighted by Crippen LogP contribution is 2.23. The molecule has 5 nitrogen and oxygen atoms in total. The Labute approximate surface area is 101 Å². The van der Waals surface area contributed by atoms with Crippen molar-refractivity contribution in [3.8, 4) is 5.88 Å². The Morgan fingerprint density at radius 1 is 1.53 bits per heavy atom. The summed E-state index contributed by atoms with van der Waals surface area (Å²) in [4.78, 5) is 15.8. The van der Waals surface area contributed by atoms with Gasteiger partial charge in [0, 0.05) is 11.1 Å². The first-order chi connectivity index (χ1) is 8.18. The lowest BCUT2D eigenvalue weighted by Gasteiger charge is -2.08. The molecule has 0 saturated heterocycles. The van der Waals surface area contributed by atoms with Crippen molar-refractivity contribution >= 4 is 23.0 Å². The summed E-state index contributed by atoms with van der Waals surface area (Å²) in [5, 5.41) is 10.8. The average Bonchev–Trinajstić information content (AvgIpc) is 2.80. The van der Waals surface area contributed by atoms with E-state index in [1.165, 1.54) is 12.3 Å². The number of anilines is 1. The zero-order chi connectivity index (χ0) is 12.3. The molecule has 0 amide bonds. The molecular formula is C11H10N2O3S. The first-order valence-electron chi connectivity index (χ1n) is 4.81. The van der Waals surface area contributed by atoms with E-state index in [-0.39, 0.29) is 17.1 Å². The van der Waals surface area contributed by atoms with E-state index in [2.05, 4.69) is 4.98 Å². The molecule has 0 aliphatic heterocycles. The number of carboxylic acid groups (broad SMARTS) is 1. The van der Waals surface area contributed by atoms with E-state index >= 15 is 0 Å². The molecular weight excluding hydrogens is 240 g/mol. The van der Waals surface area contributed by atoms with Crippen LogP contribution < -0.4 is 10.5 Å². The Kier molecular flexibility index (Phi) is 3.24. The second kappa shape index (κ2) is 4.84. The fraction of sp³-hybridized carbons (Fsp3) is 0.0909. The molecule has 2 aromatic heterocycles. The van der Waals surface area contributed by atoms with Gasteiger partial charge in [-0.15, -0.1) is 11.3 Å². The normalized spacial score (nSPS) is 10.1. The van der Waals surface area contributed by atoms with Crippen molar-refractivity contribution in [3.63, 3.8) is 0 Å². The Balaban J connectivity index is 2.16. The van der Waals surface area contributed by atoms with Crippen LogP contribution in [0.15, 0.2) is 29.8 Å². The molecule has 0 aromatic carbocycles. The van der Waals surface area contributed by atoms with Crippen LogP contribution in [-0.4, -0.2) is 16.1 Å². The van der Waals surface area contributed by atoms with Crippen LogP contribution in [0.4, 0.5) is 5.69 Å². The second-order valence-corrected chi connectivity index (χ2v) is 4.28. The summed E-state index contributed by atoms with van der Waals surface area (Å²) < 4.78 is 5.38. The van der Waals surface area contributed by atoms with E-state index in [1.54, 1.807) is 11.3 Å². The Hall–Kier alpha value is -2.08. The highest BCUT2D eigenvalue weighted by Gasteiger charge is 2.13. The summed E-state index contributed by atoms with van der Waals surface area (Å²) in [5.74, 6) is -0.941. The van der Waals surface area contributed by atoms with Gasteiger partial charge in [-0.1, -0.05) is 6.07 Å². The first-order valence-corrected chi connectivity index (χ1v) is 5.69. The summed E-state index contributed by atoms with van der Waals surface area (Å²) in [5.41, 5.74) is 5.71. The maximum atomic E-state index is 10.8. The molecule has 0 aliphatic rings. The number of aromatic carboxylic acids is 1. The van der Waals surface area contributed by atoms with Crippen LogP contribution >= 0.6 is 11.3 Å². The van der Waals surface area contributed by atoms with Gasteiger partial charge in [-0.3, -0.25) is 0 Å². The molecule has 6 heteroatoms. The predicted molar refractivity (Wildman–Crippen MR) is 64.3 cm³/mol. The number of nitrogen functional groups attached to an aromatic ring is 1. The highest BCUT2D eigenvalue weighted by atomic mass is 32.1. The molecule has 0 fully saturated rings. The molecule has 2 aromatic rings. The molecule has 0 saturated carbocycles. The van der Waals surface area contributed by atoms with Crippen LogP contribution in [0.3, 0.4) is 0 Å². The summed E-state index contributed by atoms with van der Waals surface area (Å²) in [7, 11) is 0. The minimum atomic E-state index is -1.09. The van der Waals surface area contributed by atoms with Crippen molar-refractivity contribution in [1.82, 2.24) is 4.98 Å². The van der Waals surface area contributed by atoms with E-state index in [4.69, 9.17) is 15.6 Å². The molecule has 0 unspecified atom stereocenters. The highest BCUT2D eigenvalue weighted by molar-refractivity contribution is 7.09. The van der Waals surface area contributed by atoms with Gasteiger partial charge in [0.05, 0.1) is 5.56 Å². The van der Waals surface area contributed by atoms with Gasteiger partial charge in [-0.2, -0.15) is 0 Å². The standard InChI is InChI=1S/C11H10N2O3S/c12-9-8(11(14)15)3-4-13-10(9)16-6-7-2-1-5-17-7/h1-5H,6,12H2,(H,14,15). The number of nitrogens with zero attached hydrogens (tertiary/aromatic N) is 1. The number of aromatic nitrogens is 1. The van der Waals surface area contributed by atoms with E-state index < -0.39 is 5.97 Å². The Morgan fingerprint density at radius 2 is 2.35 bits per heavy atom. The van der Waals surface area contributed by atoms with Gasteiger partial charge in [0.2, 0.25) is 5.88 Å².